The highest BCUT2D eigenvalue weighted by Crippen LogP contribution is 2.28. The van der Waals surface area contributed by atoms with Crippen LogP contribution in [0.15, 0.2) is 29.2 Å². The van der Waals surface area contributed by atoms with Crippen molar-refractivity contribution in [3.8, 4) is 0 Å². The molecular weight excluding hydrogens is 272 g/mol. The Morgan fingerprint density at radius 3 is 2.20 bits per heavy atom. The molecule has 1 aromatic rings. The first-order chi connectivity index (χ1) is 9.38. The van der Waals surface area contributed by atoms with Crippen molar-refractivity contribution in [3.63, 3.8) is 0 Å². The van der Waals surface area contributed by atoms with Gasteiger partial charge in [0.2, 0.25) is 10.0 Å². The van der Waals surface area contributed by atoms with Gasteiger partial charge >= 0.3 is 0 Å². The molecule has 1 aliphatic carbocycles. The number of hydrogen-bond donors (Lipinski definition) is 2. The van der Waals surface area contributed by atoms with E-state index < -0.39 is 10.0 Å². The Bertz CT molecular complexity index is 533. The first-order valence-electron chi connectivity index (χ1n) is 7.27. The summed E-state index contributed by atoms with van der Waals surface area (Å²) in [5.41, 5.74) is 1.09. The average molecular weight is 296 g/mol. The van der Waals surface area contributed by atoms with Gasteiger partial charge in [0.1, 0.15) is 0 Å². The Morgan fingerprint density at radius 2 is 1.70 bits per heavy atom. The van der Waals surface area contributed by atoms with E-state index in [1.54, 1.807) is 12.1 Å². The minimum atomic E-state index is -3.60. The Labute approximate surface area is 121 Å². The van der Waals surface area contributed by atoms with E-state index in [4.69, 9.17) is 5.14 Å². The van der Waals surface area contributed by atoms with Crippen LogP contribution in [0.2, 0.25) is 0 Å². The number of primary sulfonamides is 1. The fourth-order valence-electron chi connectivity index (χ4n) is 3.03. The third kappa shape index (κ3) is 3.81. The van der Waals surface area contributed by atoms with E-state index in [9.17, 15) is 8.42 Å². The number of hydrogen-bond acceptors (Lipinski definition) is 3. The molecule has 2 unspecified atom stereocenters. The number of sulfonamides is 1. The van der Waals surface area contributed by atoms with E-state index in [1.165, 1.54) is 25.7 Å². The molecule has 0 amide bonds. The summed E-state index contributed by atoms with van der Waals surface area (Å²) in [4.78, 5) is 0.164. The Hall–Kier alpha value is -0.910. The standard InChI is InChI=1S/C15H24N2O2S/c1-11(13-5-3-4-6-13)17-12(2)14-7-9-15(10-8-14)20(16,18)19/h7-13,17H,3-6H2,1-2H3,(H2,16,18,19). The van der Waals surface area contributed by atoms with Crippen LogP contribution in [0.5, 0.6) is 0 Å². The zero-order chi connectivity index (χ0) is 14.8. The molecule has 0 aliphatic heterocycles. The van der Waals surface area contributed by atoms with Gasteiger partial charge in [0.15, 0.2) is 0 Å². The molecule has 1 aliphatic rings. The molecule has 112 valence electrons. The highest BCUT2D eigenvalue weighted by molar-refractivity contribution is 7.89. The summed E-state index contributed by atoms with van der Waals surface area (Å²) in [5, 5.41) is 8.72. The van der Waals surface area contributed by atoms with Crippen LogP contribution in [0.3, 0.4) is 0 Å². The highest BCUT2D eigenvalue weighted by atomic mass is 32.2. The predicted molar refractivity (Wildman–Crippen MR) is 80.8 cm³/mol. The van der Waals surface area contributed by atoms with Crippen molar-refractivity contribution in [3.05, 3.63) is 29.8 Å². The lowest BCUT2D eigenvalue weighted by atomic mass is 9.98. The Morgan fingerprint density at radius 1 is 1.15 bits per heavy atom. The summed E-state index contributed by atoms with van der Waals surface area (Å²) in [5.74, 6) is 0.765. The molecule has 1 aromatic carbocycles. The second-order valence-corrected chi connectivity index (χ2v) is 7.40. The number of rotatable bonds is 5. The van der Waals surface area contributed by atoms with Gasteiger partial charge < -0.3 is 5.32 Å². The van der Waals surface area contributed by atoms with Gasteiger partial charge in [-0.3, -0.25) is 0 Å². The highest BCUT2D eigenvalue weighted by Gasteiger charge is 2.22. The van der Waals surface area contributed by atoms with Crippen molar-refractivity contribution in [2.24, 2.45) is 11.1 Å². The van der Waals surface area contributed by atoms with E-state index >= 15 is 0 Å². The Balaban J connectivity index is 2.00. The van der Waals surface area contributed by atoms with E-state index in [-0.39, 0.29) is 10.9 Å². The lowest BCUT2D eigenvalue weighted by molar-refractivity contribution is 0.352. The predicted octanol–water partition coefficient (Wildman–Crippen LogP) is 2.56. The molecule has 5 heteroatoms. The quantitative estimate of drug-likeness (QED) is 0.877. The van der Waals surface area contributed by atoms with Crippen LogP contribution in [0, 0.1) is 5.92 Å². The topological polar surface area (TPSA) is 72.2 Å². The van der Waals surface area contributed by atoms with Crippen LogP contribution in [-0.4, -0.2) is 14.5 Å². The summed E-state index contributed by atoms with van der Waals surface area (Å²) in [6.45, 7) is 4.35. The molecule has 4 nitrogen and oxygen atoms in total. The number of nitrogens with one attached hydrogen (secondary N) is 1. The summed E-state index contributed by atoms with van der Waals surface area (Å²) >= 11 is 0. The SMILES string of the molecule is CC(NC(C)C1CCCC1)c1ccc(S(N)(=O)=O)cc1. The minimum absolute atomic E-state index is 0.164. The zero-order valence-corrected chi connectivity index (χ0v) is 13.0. The molecular formula is C15H24N2O2S. The van der Waals surface area contributed by atoms with E-state index in [1.807, 2.05) is 12.1 Å². The van der Waals surface area contributed by atoms with Gasteiger partial charge in [0, 0.05) is 12.1 Å². The molecule has 0 spiro atoms. The van der Waals surface area contributed by atoms with Crippen molar-refractivity contribution < 1.29 is 8.42 Å². The lowest BCUT2D eigenvalue weighted by Gasteiger charge is -2.25. The molecule has 0 heterocycles. The van der Waals surface area contributed by atoms with Crippen LogP contribution in [0.4, 0.5) is 0 Å². The van der Waals surface area contributed by atoms with Crippen LogP contribution in [-0.2, 0) is 10.0 Å². The maximum atomic E-state index is 11.2. The maximum absolute atomic E-state index is 11.2. The molecule has 0 aromatic heterocycles. The molecule has 1 fully saturated rings. The van der Waals surface area contributed by atoms with Crippen molar-refractivity contribution in [2.45, 2.75) is 56.5 Å². The summed E-state index contributed by atoms with van der Waals surface area (Å²) in [6.07, 6.45) is 5.30. The lowest BCUT2D eigenvalue weighted by Crippen LogP contribution is -2.34. The minimum Gasteiger partial charge on any atom is -0.307 e. The van der Waals surface area contributed by atoms with E-state index in [2.05, 4.69) is 19.2 Å². The fourth-order valence-corrected chi connectivity index (χ4v) is 3.55. The second kappa shape index (κ2) is 6.24. The van der Waals surface area contributed by atoms with Gasteiger partial charge in [0.05, 0.1) is 4.90 Å². The normalized spacial score (nSPS) is 19.9. The van der Waals surface area contributed by atoms with Crippen LogP contribution in [0.1, 0.15) is 51.1 Å². The van der Waals surface area contributed by atoms with Crippen LogP contribution in [0.25, 0.3) is 0 Å². The molecule has 0 bridgehead atoms. The van der Waals surface area contributed by atoms with E-state index in [0.717, 1.165) is 11.5 Å². The van der Waals surface area contributed by atoms with Gasteiger partial charge in [-0.05, 0) is 50.3 Å². The summed E-state index contributed by atoms with van der Waals surface area (Å²) < 4.78 is 22.5. The molecule has 1 saturated carbocycles. The molecule has 2 rings (SSSR count). The van der Waals surface area contributed by atoms with Crippen molar-refractivity contribution in [2.75, 3.05) is 0 Å². The average Bonchev–Trinajstić information content (AvgIpc) is 2.91. The van der Waals surface area contributed by atoms with Gasteiger partial charge in [-0.15, -0.1) is 0 Å². The molecule has 2 atom stereocenters. The van der Waals surface area contributed by atoms with Gasteiger partial charge in [0.25, 0.3) is 0 Å². The third-order valence-electron chi connectivity index (χ3n) is 4.33. The number of benzene rings is 1. The molecule has 0 radical (unpaired) electrons. The van der Waals surface area contributed by atoms with Crippen LogP contribution < -0.4 is 10.5 Å². The van der Waals surface area contributed by atoms with Crippen molar-refractivity contribution in [1.29, 1.82) is 0 Å². The first kappa shape index (κ1) is 15.5. The molecule has 3 N–H and O–H groups in total. The first-order valence-corrected chi connectivity index (χ1v) is 8.81. The van der Waals surface area contributed by atoms with Crippen molar-refractivity contribution >= 4 is 10.0 Å². The fraction of sp³-hybridized carbons (Fsp3) is 0.600. The molecule has 0 saturated heterocycles. The second-order valence-electron chi connectivity index (χ2n) is 5.84. The summed E-state index contributed by atoms with van der Waals surface area (Å²) in [6, 6.07) is 7.51. The molecule has 20 heavy (non-hydrogen) atoms. The van der Waals surface area contributed by atoms with Crippen molar-refractivity contribution in [1.82, 2.24) is 5.32 Å². The zero-order valence-electron chi connectivity index (χ0n) is 12.2. The maximum Gasteiger partial charge on any atom is 0.238 e. The summed E-state index contributed by atoms with van der Waals surface area (Å²) in [7, 11) is -3.60. The number of nitrogens with two attached hydrogens (primary N) is 1. The third-order valence-corrected chi connectivity index (χ3v) is 5.26. The van der Waals surface area contributed by atoms with Gasteiger partial charge in [-0.2, -0.15) is 0 Å². The largest absolute Gasteiger partial charge is 0.307 e. The van der Waals surface area contributed by atoms with E-state index in [0.29, 0.717) is 6.04 Å². The van der Waals surface area contributed by atoms with Crippen LogP contribution >= 0.6 is 0 Å². The Kier molecular flexibility index (Phi) is 4.83. The van der Waals surface area contributed by atoms with Gasteiger partial charge in [-0.1, -0.05) is 25.0 Å². The monoisotopic (exact) mass is 296 g/mol. The van der Waals surface area contributed by atoms with Gasteiger partial charge in [-0.25, -0.2) is 13.6 Å². The smallest absolute Gasteiger partial charge is 0.238 e.